The van der Waals surface area contributed by atoms with Crippen molar-refractivity contribution in [3.8, 4) is 5.75 Å². The van der Waals surface area contributed by atoms with Crippen LogP contribution < -0.4 is 10.6 Å². The van der Waals surface area contributed by atoms with Gasteiger partial charge in [0.15, 0.2) is 0 Å². The maximum absolute atomic E-state index is 11.2. The molecule has 1 aromatic rings. The number of phenolic OH excluding ortho intramolecular Hbond substituents is 1. The molecule has 0 aromatic heterocycles. The zero-order valence-corrected chi connectivity index (χ0v) is 8.29. The topological polar surface area (TPSA) is 61.4 Å². The van der Waals surface area contributed by atoms with Gasteiger partial charge in [0.2, 0.25) is 5.91 Å². The third-order valence-electron chi connectivity index (χ3n) is 1.83. The van der Waals surface area contributed by atoms with Gasteiger partial charge in [0.05, 0.1) is 6.54 Å². The Morgan fingerprint density at radius 2 is 2.21 bits per heavy atom. The summed E-state index contributed by atoms with van der Waals surface area (Å²) in [6, 6.07) is 5.04. The first-order valence-corrected chi connectivity index (χ1v) is 4.37. The first-order valence-electron chi connectivity index (χ1n) is 4.37. The molecule has 0 atom stereocenters. The molecule has 0 aliphatic carbocycles. The van der Waals surface area contributed by atoms with Gasteiger partial charge in [-0.3, -0.25) is 4.79 Å². The normalized spacial score (nSPS) is 9.86. The van der Waals surface area contributed by atoms with Gasteiger partial charge in [-0.25, -0.2) is 0 Å². The molecule has 76 valence electrons. The molecule has 0 unspecified atom stereocenters. The van der Waals surface area contributed by atoms with Crippen molar-refractivity contribution in [2.45, 2.75) is 6.92 Å². The zero-order valence-electron chi connectivity index (χ0n) is 8.29. The number of phenols is 1. The van der Waals surface area contributed by atoms with Crippen LogP contribution >= 0.6 is 0 Å². The van der Waals surface area contributed by atoms with E-state index in [-0.39, 0.29) is 18.2 Å². The minimum absolute atomic E-state index is 0.129. The standard InChI is InChI=1S/C10H14N2O2/c1-7-3-4-8(5-9(7)13)12-10(14)6-11-2/h3-5,11,13H,6H2,1-2H3,(H,12,14). The summed E-state index contributed by atoms with van der Waals surface area (Å²) in [5, 5.41) is 14.8. The molecule has 1 aromatic carbocycles. The maximum Gasteiger partial charge on any atom is 0.238 e. The lowest BCUT2D eigenvalue weighted by Crippen LogP contribution is -2.24. The lowest BCUT2D eigenvalue weighted by Gasteiger charge is -2.06. The van der Waals surface area contributed by atoms with Gasteiger partial charge in [0, 0.05) is 11.8 Å². The van der Waals surface area contributed by atoms with Crippen LogP contribution in [-0.4, -0.2) is 24.6 Å². The molecule has 0 spiro atoms. The molecule has 0 aliphatic rings. The first kappa shape index (κ1) is 10.5. The Morgan fingerprint density at radius 3 is 2.79 bits per heavy atom. The molecular formula is C10H14N2O2. The summed E-state index contributed by atoms with van der Waals surface area (Å²) >= 11 is 0. The number of rotatable bonds is 3. The molecule has 14 heavy (non-hydrogen) atoms. The Labute approximate surface area is 82.9 Å². The molecular weight excluding hydrogens is 180 g/mol. The Bertz CT molecular complexity index is 337. The summed E-state index contributed by atoms with van der Waals surface area (Å²) in [6.07, 6.45) is 0. The molecule has 4 heteroatoms. The molecule has 4 nitrogen and oxygen atoms in total. The maximum atomic E-state index is 11.2. The molecule has 0 radical (unpaired) electrons. The highest BCUT2D eigenvalue weighted by atomic mass is 16.3. The van der Waals surface area contributed by atoms with E-state index in [1.807, 2.05) is 0 Å². The summed E-state index contributed by atoms with van der Waals surface area (Å²) < 4.78 is 0. The minimum atomic E-state index is -0.129. The SMILES string of the molecule is CNCC(=O)Nc1ccc(C)c(O)c1. The van der Waals surface area contributed by atoms with Crippen molar-refractivity contribution >= 4 is 11.6 Å². The van der Waals surface area contributed by atoms with E-state index >= 15 is 0 Å². The second-order valence-corrected chi connectivity index (χ2v) is 3.08. The van der Waals surface area contributed by atoms with Gasteiger partial charge in [0.1, 0.15) is 5.75 Å². The number of carbonyl (C=O) groups is 1. The van der Waals surface area contributed by atoms with Crippen molar-refractivity contribution < 1.29 is 9.90 Å². The van der Waals surface area contributed by atoms with Crippen LogP contribution in [-0.2, 0) is 4.79 Å². The number of hydrogen-bond donors (Lipinski definition) is 3. The van der Waals surface area contributed by atoms with Crippen LogP contribution in [0.5, 0.6) is 5.75 Å². The second-order valence-electron chi connectivity index (χ2n) is 3.08. The van der Waals surface area contributed by atoms with E-state index in [1.54, 1.807) is 26.1 Å². The van der Waals surface area contributed by atoms with Crippen molar-refractivity contribution in [2.24, 2.45) is 0 Å². The summed E-state index contributed by atoms with van der Waals surface area (Å²) in [5.74, 6) is 0.0583. The first-order chi connectivity index (χ1) is 6.63. The summed E-state index contributed by atoms with van der Waals surface area (Å²) in [4.78, 5) is 11.2. The molecule has 0 saturated heterocycles. The van der Waals surface area contributed by atoms with Crippen LogP contribution in [0.2, 0.25) is 0 Å². The van der Waals surface area contributed by atoms with Gasteiger partial charge < -0.3 is 15.7 Å². The Kier molecular flexibility index (Phi) is 3.48. The molecule has 0 aliphatic heterocycles. The molecule has 0 heterocycles. The van der Waals surface area contributed by atoms with Crippen molar-refractivity contribution in [3.05, 3.63) is 23.8 Å². The Morgan fingerprint density at radius 1 is 1.50 bits per heavy atom. The second kappa shape index (κ2) is 4.62. The van der Waals surface area contributed by atoms with Crippen molar-refractivity contribution in [2.75, 3.05) is 18.9 Å². The van der Waals surface area contributed by atoms with Crippen molar-refractivity contribution in [3.63, 3.8) is 0 Å². The number of anilines is 1. The van der Waals surface area contributed by atoms with Gasteiger partial charge >= 0.3 is 0 Å². The minimum Gasteiger partial charge on any atom is -0.508 e. The highest BCUT2D eigenvalue weighted by Crippen LogP contribution is 2.20. The van der Waals surface area contributed by atoms with Crippen LogP contribution in [0.1, 0.15) is 5.56 Å². The quantitative estimate of drug-likeness (QED) is 0.668. The predicted octanol–water partition coefficient (Wildman–Crippen LogP) is 0.859. The summed E-state index contributed by atoms with van der Waals surface area (Å²) in [5.41, 5.74) is 1.39. The van der Waals surface area contributed by atoms with E-state index in [0.29, 0.717) is 5.69 Å². The summed E-state index contributed by atoms with van der Waals surface area (Å²) in [7, 11) is 1.70. The highest BCUT2D eigenvalue weighted by molar-refractivity contribution is 5.92. The Hall–Kier alpha value is -1.55. The van der Waals surface area contributed by atoms with E-state index in [9.17, 15) is 9.90 Å². The third-order valence-corrected chi connectivity index (χ3v) is 1.83. The fourth-order valence-corrected chi connectivity index (χ4v) is 1.05. The number of amides is 1. The number of aromatic hydroxyl groups is 1. The van der Waals surface area contributed by atoms with Crippen LogP contribution in [0.15, 0.2) is 18.2 Å². The molecule has 0 bridgehead atoms. The van der Waals surface area contributed by atoms with E-state index in [1.165, 1.54) is 6.07 Å². The van der Waals surface area contributed by atoms with Gasteiger partial charge in [0.25, 0.3) is 0 Å². The Balaban J connectivity index is 2.68. The fraction of sp³-hybridized carbons (Fsp3) is 0.300. The number of hydrogen-bond acceptors (Lipinski definition) is 3. The van der Waals surface area contributed by atoms with E-state index < -0.39 is 0 Å². The summed E-state index contributed by atoms with van der Waals surface area (Å²) in [6.45, 7) is 2.06. The van der Waals surface area contributed by atoms with Crippen LogP contribution in [0.4, 0.5) is 5.69 Å². The lowest BCUT2D eigenvalue weighted by molar-refractivity contribution is -0.115. The molecule has 0 saturated carbocycles. The number of likely N-dealkylation sites (N-methyl/N-ethyl adjacent to an activating group) is 1. The zero-order chi connectivity index (χ0) is 10.6. The van der Waals surface area contributed by atoms with E-state index in [0.717, 1.165) is 5.56 Å². The van der Waals surface area contributed by atoms with Crippen LogP contribution in [0.25, 0.3) is 0 Å². The third kappa shape index (κ3) is 2.74. The average molecular weight is 194 g/mol. The van der Waals surface area contributed by atoms with Crippen molar-refractivity contribution in [1.29, 1.82) is 0 Å². The fourth-order valence-electron chi connectivity index (χ4n) is 1.05. The molecule has 0 fully saturated rings. The number of aryl methyl sites for hydroxylation is 1. The van der Waals surface area contributed by atoms with Gasteiger partial charge in [-0.1, -0.05) is 6.07 Å². The predicted molar refractivity (Wildman–Crippen MR) is 55.4 cm³/mol. The number of nitrogens with one attached hydrogen (secondary N) is 2. The van der Waals surface area contributed by atoms with Gasteiger partial charge in [-0.15, -0.1) is 0 Å². The molecule has 3 N–H and O–H groups in total. The van der Waals surface area contributed by atoms with E-state index in [4.69, 9.17) is 0 Å². The van der Waals surface area contributed by atoms with Gasteiger partial charge in [-0.05, 0) is 25.6 Å². The molecule has 1 amide bonds. The lowest BCUT2D eigenvalue weighted by atomic mass is 10.2. The van der Waals surface area contributed by atoms with Crippen LogP contribution in [0.3, 0.4) is 0 Å². The van der Waals surface area contributed by atoms with Gasteiger partial charge in [-0.2, -0.15) is 0 Å². The number of carbonyl (C=O) groups excluding carboxylic acids is 1. The number of benzene rings is 1. The van der Waals surface area contributed by atoms with Crippen LogP contribution in [0, 0.1) is 6.92 Å². The largest absolute Gasteiger partial charge is 0.508 e. The van der Waals surface area contributed by atoms with E-state index in [2.05, 4.69) is 10.6 Å². The highest BCUT2D eigenvalue weighted by Gasteiger charge is 2.02. The smallest absolute Gasteiger partial charge is 0.238 e. The average Bonchev–Trinajstić information content (AvgIpc) is 2.12. The monoisotopic (exact) mass is 194 g/mol. The van der Waals surface area contributed by atoms with Crippen molar-refractivity contribution in [1.82, 2.24) is 5.32 Å². The molecule has 1 rings (SSSR count).